The van der Waals surface area contributed by atoms with Crippen LogP contribution < -0.4 is 0 Å². The lowest BCUT2D eigenvalue weighted by Crippen LogP contribution is -2.45. The molecule has 2 fully saturated rings. The summed E-state index contributed by atoms with van der Waals surface area (Å²) in [6, 6.07) is 0.235. The van der Waals surface area contributed by atoms with Crippen LogP contribution in [0.2, 0.25) is 0 Å². The lowest BCUT2D eigenvalue weighted by Gasteiger charge is -2.34. The monoisotopic (exact) mass is 225 g/mol. The Kier molecular flexibility index (Phi) is 4.36. The molecule has 1 unspecified atom stereocenters. The fraction of sp³-hybridized carbons (Fsp3) is 0.923. The van der Waals surface area contributed by atoms with Crippen LogP contribution >= 0.6 is 0 Å². The van der Waals surface area contributed by atoms with Gasteiger partial charge in [0.25, 0.3) is 0 Å². The maximum absolute atomic E-state index is 12.1. The number of rotatable bonds is 4. The number of aliphatic hydroxyl groups is 1. The second-order valence-electron chi connectivity index (χ2n) is 5.25. The Hall–Kier alpha value is -0.410. The van der Waals surface area contributed by atoms with Gasteiger partial charge in [0.1, 0.15) is 5.78 Å². The molecule has 0 aromatic heterocycles. The van der Waals surface area contributed by atoms with Crippen LogP contribution in [0.25, 0.3) is 0 Å². The molecule has 0 aromatic carbocycles. The molecule has 0 spiro atoms. The van der Waals surface area contributed by atoms with Crippen LogP contribution in [0.4, 0.5) is 0 Å². The maximum atomic E-state index is 12.1. The number of Topliss-reactive ketones (excluding diaryl/α,β-unsaturated/α-hetero) is 1. The van der Waals surface area contributed by atoms with E-state index in [0.29, 0.717) is 18.2 Å². The largest absolute Gasteiger partial charge is 0.395 e. The Bertz CT molecular complexity index is 236. The van der Waals surface area contributed by atoms with E-state index in [0.717, 1.165) is 25.8 Å². The molecule has 2 rings (SSSR count). The predicted molar refractivity (Wildman–Crippen MR) is 63.3 cm³/mol. The molecule has 16 heavy (non-hydrogen) atoms. The summed E-state index contributed by atoms with van der Waals surface area (Å²) in [7, 11) is 0. The molecule has 1 aliphatic heterocycles. The van der Waals surface area contributed by atoms with Gasteiger partial charge in [-0.05, 0) is 32.2 Å². The maximum Gasteiger partial charge on any atom is 0.149 e. The van der Waals surface area contributed by atoms with Crippen LogP contribution in [0.5, 0.6) is 0 Å². The van der Waals surface area contributed by atoms with Gasteiger partial charge in [0.05, 0.1) is 13.2 Å². The number of carbonyl (C=O) groups is 1. The average molecular weight is 225 g/mol. The second kappa shape index (κ2) is 5.78. The summed E-state index contributed by atoms with van der Waals surface area (Å²) in [5, 5.41) is 9.29. The van der Waals surface area contributed by atoms with Crippen LogP contribution in [-0.2, 0) is 4.79 Å². The minimum Gasteiger partial charge on any atom is -0.395 e. The molecule has 1 N–H and O–H groups in total. The van der Waals surface area contributed by atoms with Crippen LogP contribution in [0.15, 0.2) is 0 Å². The van der Waals surface area contributed by atoms with Crippen molar-refractivity contribution in [1.29, 1.82) is 0 Å². The molecule has 0 aromatic rings. The first-order valence-corrected chi connectivity index (χ1v) is 6.69. The molecular formula is C13H23NO2. The van der Waals surface area contributed by atoms with Crippen molar-refractivity contribution in [3.05, 3.63) is 0 Å². The summed E-state index contributed by atoms with van der Waals surface area (Å²) in [5.74, 6) is 0.735. The van der Waals surface area contributed by atoms with Crippen molar-refractivity contribution in [3.63, 3.8) is 0 Å². The van der Waals surface area contributed by atoms with E-state index in [1.807, 2.05) is 0 Å². The van der Waals surface area contributed by atoms with E-state index in [4.69, 9.17) is 0 Å². The molecule has 1 aliphatic carbocycles. The molecule has 0 amide bonds. The lowest BCUT2D eigenvalue weighted by atomic mass is 9.98. The highest BCUT2D eigenvalue weighted by Crippen LogP contribution is 2.26. The van der Waals surface area contributed by atoms with Crippen molar-refractivity contribution in [2.45, 2.75) is 51.0 Å². The van der Waals surface area contributed by atoms with Crippen LogP contribution in [0.3, 0.4) is 0 Å². The van der Waals surface area contributed by atoms with E-state index < -0.39 is 0 Å². The molecule has 2 aliphatic rings. The first-order valence-electron chi connectivity index (χ1n) is 6.69. The highest BCUT2D eigenvalue weighted by molar-refractivity contribution is 5.83. The van der Waals surface area contributed by atoms with E-state index in [1.54, 1.807) is 0 Å². The predicted octanol–water partition coefficient (Wildman–Crippen LogP) is 1.59. The quantitative estimate of drug-likeness (QED) is 0.790. The van der Waals surface area contributed by atoms with Gasteiger partial charge in [-0.2, -0.15) is 0 Å². The zero-order valence-electron chi connectivity index (χ0n) is 10.0. The summed E-state index contributed by atoms with van der Waals surface area (Å²) in [4.78, 5) is 14.3. The normalized spacial score (nSPS) is 28.4. The molecule has 0 bridgehead atoms. The number of piperidine rings is 1. The van der Waals surface area contributed by atoms with Gasteiger partial charge in [0.2, 0.25) is 0 Å². The molecule has 92 valence electrons. The first-order chi connectivity index (χ1) is 7.81. The molecule has 1 saturated carbocycles. The Morgan fingerprint density at radius 2 is 1.81 bits per heavy atom. The third-order valence-electron chi connectivity index (χ3n) is 4.13. The minimum atomic E-state index is 0.206. The number of ketones is 1. The highest BCUT2D eigenvalue weighted by Gasteiger charge is 2.28. The third kappa shape index (κ3) is 2.83. The summed E-state index contributed by atoms with van der Waals surface area (Å²) in [5.41, 5.74) is 0. The Morgan fingerprint density at radius 3 is 2.50 bits per heavy atom. The number of carbonyl (C=O) groups excluding carboxylic acids is 1. The van der Waals surface area contributed by atoms with Crippen molar-refractivity contribution >= 4 is 5.78 Å². The third-order valence-corrected chi connectivity index (χ3v) is 4.13. The molecular weight excluding hydrogens is 202 g/mol. The molecule has 1 heterocycles. The Labute approximate surface area is 97.8 Å². The van der Waals surface area contributed by atoms with E-state index in [9.17, 15) is 9.90 Å². The van der Waals surface area contributed by atoms with Gasteiger partial charge >= 0.3 is 0 Å². The van der Waals surface area contributed by atoms with E-state index in [2.05, 4.69) is 4.90 Å². The second-order valence-corrected chi connectivity index (χ2v) is 5.25. The Balaban J connectivity index is 1.84. The van der Waals surface area contributed by atoms with Gasteiger partial charge in [0, 0.05) is 12.0 Å². The summed E-state index contributed by atoms with van der Waals surface area (Å²) in [6.45, 7) is 1.78. The smallest absolute Gasteiger partial charge is 0.149 e. The van der Waals surface area contributed by atoms with Gasteiger partial charge in [-0.1, -0.05) is 19.3 Å². The summed E-state index contributed by atoms with van der Waals surface area (Å²) in [6.07, 6.45) is 8.05. The minimum absolute atomic E-state index is 0.206. The molecule has 3 nitrogen and oxygen atoms in total. The number of hydrogen-bond donors (Lipinski definition) is 1. The van der Waals surface area contributed by atoms with Gasteiger partial charge in [-0.25, -0.2) is 0 Å². The fourth-order valence-corrected chi connectivity index (χ4v) is 3.05. The number of aliphatic hydroxyl groups excluding tert-OH is 1. The lowest BCUT2D eigenvalue weighted by molar-refractivity contribution is -0.125. The highest BCUT2D eigenvalue weighted by atomic mass is 16.3. The van der Waals surface area contributed by atoms with E-state index >= 15 is 0 Å². The van der Waals surface area contributed by atoms with Crippen molar-refractivity contribution in [3.8, 4) is 0 Å². The summed E-state index contributed by atoms with van der Waals surface area (Å²) >= 11 is 0. The molecule has 1 saturated heterocycles. The van der Waals surface area contributed by atoms with Crippen LogP contribution in [-0.4, -0.2) is 41.5 Å². The fourth-order valence-electron chi connectivity index (χ4n) is 3.05. The first kappa shape index (κ1) is 12.1. The van der Waals surface area contributed by atoms with Crippen molar-refractivity contribution < 1.29 is 9.90 Å². The van der Waals surface area contributed by atoms with Crippen molar-refractivity contribution in [1.82, 2.24) is 4.90 Å². The van der Waals surface area contributed by atoms with E-state index in [-0.39, 0.29) is 12.6 Å². The van der Waals surface area contributed by atoms with Gasteiger partial charge in [-0.15, -0.1) is 0 Å². The molecule has 3 heteroatoms. The SMILES string of the molecule is O=C(CN1CCCCC1CO)C1CCCC1. The van der Waals surface area contributed by atoms with Crippen molar-refractivity contribution in [2.24, 2.45) is 5.92 Å². The van der Waals surface area contributed by atoms with Gasteiger partial charge < -0.3 is 5.11 Å². The van der Waals surface area contributed by atoms with Crippen LogP contribution in [0.1, 0.15) is 44.9 Å². The zero-order valence-corrected chi connectivity index (χ0v) is 10.0. The van der Waals surface area contributed by atoms with E-state index in [1.165, 1.54) is 25.7 Å². The van der Waals surface area contributed by atoms with Gasteiger partial charge in [-0.3, -0.25) is 9.69 Å². The standard InChI is InChI=1S/C13H23NO2/c15-10-12-7-3-4-8-14(12)9-13(16)11-5-1-2-6-11/h11-12,15H,1-10H2. The van der Waals surface area contributed by atoms with Crippen molar-refractivity contribution in [2.75, 3.05) is 19.7 Å². The van der Waals surface area contributed by atoms with Crippen LogP contribution in [0, 0.1) is 5.92 Å². The average Bonchev–Trinajstić information content (AvgIpc) is 2.83. The van der Waals surface area contributed by atoms with Gasteiger partial charge in [0.15, 0.2) is 0 Å². The number of likely N-dealkylation sites (tertiary alicyclic amines) is 1. The Morgan fingerprint density at radius 1 is 1.12 bits per heavy atom. The number of hydrogen-bond acceptors (Lipinski definition) is 3. The molecule has 0 radical (unpaired) electrons. The molecule has 1 atom stereocenters. The topological polar surface area (TPSA) is 40.5 Å². The summed E-state index contributed by atoms with van der Waals surface area (Å²) < 4.78 is 0. The zero-order chi connectivity index (χ0) is 11.4. The number of nitrogens with zero attached hydrogens (tertiary/aromatic N) is 1.